The molecule has 0 aliphatic rings. The smallest absolute Gasteiger partial charge is 0 e. The van der Waals surface area contributed by atoms with Gasteiger partial charge in [-0.05, 0) is 42.0 Å². The molecule has 12 nitrogen and oxygen atoms in total. The monoisotopic (exact) mass is 782 g/mol. The van der Waals surface area contributed by atoms with Crippen LogP contribution in [0.2, 0.25) is 0 Å². The maximum Gasteiger partial charge on any atom is 0 e. The quantitative estimate of drug-likeness (QED) is 0.0942. The number of hydrogen-bond acceptors (Lipinski definition) is 8. The van der Waals surface area contributed by atoms with Crippen LogP contribution in [0.15, 0.2) is 73.1 Å². The van der Waals surface area contributed by atoms with Crippen molar-refractivity contribution in [3.63, 3.8) is 0 Å². The molecule has 0 fully saturated rings. The van der Waals surface area contributed by atoms with Crippen LogP contribution in [0.1, 0.15) is 23.4 Å². The zero-order valence-corrected chi connectivity index (χ0v) is 26.7. The van der Waals surface area contributed by atoms with Gasteiger partial charge in [0.2, 0.25) is 0 Å². The molecule has 43 heavy (non-hydrogen) atoms. The molecule has 0 aliphatic heterocycles. The molecule has 3 rings (SSSR count). The van der Waals surface area contributed by atoms with Crippen LogP contribution in [-0.2, 0) is 79.4 Å². The van der Waals surface area contributed by atoms with Crippen LogP contribution < -0.4 is 4.72 Å². The first-order valence-corrected chi connectivity index (χ1v) is 13.4. The average Bonchev–Trinajstić information content (AvgIpc) is 3.03. The summed E-state index contributed by atoms with van der Waals surface area (Å²) in [5, 5.41) is 0. The van der Waals surface area contributed by atoms with Crippen molar-refractivity contribution in [2.24, 2.45) is 0 Å². The first kappa shape index (κ1) is 42.0. The molecule has 14 heteroatoms. The van der Waals surface area contributed by atoms with E-state index < -0.39 is 11.3 Å². The topological polar surface area (TPSA) is 176 Å². The van der Waals surface area contributed by atoms with Gasteiger partial charge >= 0.3 is 33.9 Å². The predicted molar refractivity (Wildman–Crippen MR) is 148 cm³/mol. The third-order valence-electron chi connectivity index (χ3n) is 5.23. The summed E-state index contributed by atoms with van der Waals surface area (Å²) in [7, 11) is 0. The Balaban J connectivity index is 0. The molecule has 0 bridgehead atoms. The summed E-state index contributed by atoms with van der Waals surface area (Å²) in [6.07, 6.45) is 4.18. The van der Waals surface area contributed by atoms with Gasteiger partial charge in [0, 0.05) is 82.2 Å². The Bertz CT molecular complexity index is 1140. The van der Waals surface area contributed by atoms with Crippen molar-refractivity contribution in [3.8, 4) is 0 Å². The summed E-state index contributed by atoms with van der Waals surface area (Å²) in [4.78, 5) is 23.2. The molecule has 1 atom stereocenters. The molecule has 3 aromatic rings. The Morgan fingerprint density at radius 1 is 0.814 bits per heavy atom. The summed E-state index contributed by atoms with van der Waals surface area (Å²) in [6, 6.07) is 18.5. The maximum absolute atomic E-state index is 12.1. The zero-order chi connectivity index (χ0) is 31.4. The standard InChI is InChI=1S/C26H32N4O5S.3CO.Re/c31-26(19-22-7-9-23(10-8-22)29-36(32)33)11-15-34-17-18-35-16-14-30(20-24-5-1-3-12-27-24)21-25-6-2-4-13-28-25;3*1-2;/h1-10,12-13,29H,11,14-21H2,(H,32,33);;;;/p-1. The van der Waals surface area contributed by atoms with E-state index in [-0.39, 0.29) is 32.6 Å². The van der Waals surface area contributed by atoms with E-state index in [1.165, 1.54) is 0 Å². The molecular weight excluding hydrogens is 751 g/mol. The van der Waals surface area contributed by atoms with Gasteiger partial charge in [-0.25, -0.2) is 0 Å². The van der Waals surface area contributed by atoms with Crippen molar-refractivity contribution in [1.82, 2.24) is 14.9 Å². The minimum absolute atomic E-state index is 0. The summed E-state index contributed by atoms with van der Waals surface area (Å²) in [5.41, 5.74) is 3.27. The number of ketones is 1. The van der Waals surface area contributed by atoms with Gasteiger partial charge in [0.1, 0.15) is 5.78 Å². The minimum atomic E-state index is -2.36. The first-order chi connectivity index (χ1) is 20.6. The Kier molecular flexibility index (Phi) is 28.3. The van der Waals surface area contributed by atoms with Crippen LogP contribution in [-0.4, -0.2) is 62.4 Å². The number of carbonyl (C=O) groups excluding carboxylic acids is 1. The fourth-order valence-corrected chi connectivity index (χ4v) is 3.79. The van der Waals surface area contributed by atoms with Crippen molar-refractivity contribution >= 4 is 22.7 Å². The molecule has 2 aromatic heterocycles. The number of anilines is 1. The normalized spacial score (nSPS) is 10.1. The van der Waals surface area contributed by atoms with Gasteiger partial charge < -0.3 is 18.7 Å². The maximum atomic E-state index is 12.1. The number of Topliss-reactive ketones (excluding diaryl/α,β-unsaturated/α-hetero) is 1. The number of hydrogen-bond donors (Lipinski definition) is 1. The third kappa shape index (κ3) is 21.2. The number of pyridine rings is 2. The van der Waals surface area contributed by atoms with Gasteiger partial charge in [-0.1, -0.05) is 24.3 Å². The second-order valence-electron chi connectivity index (χ2n) is 8.08. The predicted octanol–water partition coefficient (Wildman–Crippen LogP) is 2.80. The molecule has 0 spiro atoms. The van der Waals surface area contributed by atoms with Gasteiger partial charge in [-0.3, -0.25) is 23.9 Å². The Hall–Kier alpha value is -3.14. The van der Waals surface area contributed by atoms with Gasteiger partial charge in [-0.2, -0.15) is 0 Å². The van der Waals surface area contributed by atoms with Gasteiger partial charge in [0.05, 0.1) is 37.8 Å². The van der Waals surface area contributed by atoms with Crippen LogP contribution >= 0.6 is 0 Å². The number of nitrogens with zero attached hydrogens (tertiary/aromatic N) is 3. The zero-order valence-electron chi connectivity index (χ0n) is 23.2. The molecule has 229 valence electrons. The van der Waals surface area contributed by atoms with Crippen molar-refractivity contribution in [2.45, 2.75) is 25.9 Å². The minimum Gasteiger partial charge on any atom is 0 e. The van der Waals surface area contributed by atoms with E-state index in [4.69, 9.17) is 23.4 Å². The SMILES string of the molecule is O=C(CCOCCOCCN(Cc1ccccn1)Cc1ccccn1)Cc1ccc(NS(=O)[O-])cc1.[C-]#[O+].[C-]#[O+].[C-]#[O+].[Re]. The molecule has 0 saturated carbocycles. The van der Waals surface area contributed by atoms with E-state index in [2.05, 4.69) is 39.5 Å². The van der Waals surface area contributed by atoms with Crippen molar-refractivity contribution < 1.29 is 57.4 Å². The Morgan fingerprint density at radius 2 is 1.33 bits per heavy atom. The van der Waals surface area contributed by atoms with Crippen LogP contribution in [0, 0.1) is 20.0 Å². The second-order valence-corrected chi connectivity index (χ2v) is 8.75. The number of carbonyl (C=O) groups is 1. The molecule has 0 amide bonds. The molecule has 1 aromatic carbocycles. The van der Waals surface area contributed by atoms with E-state index >= 15 is 0 Å². The molecule has 1 unspecified atom stereocenters. The molecule has 0 aliphatic carbocycles. The van der Waals surface area contributed by atoms with Crippen molar-refractivity contribution in [1.29, 1.82) is 0 Å². The number of rotatable bonds is 17. The molecule has 1 N–H and O–H groups in total. The third-order valence-corrected chi connectivity index (χ3v) is 5.63. The molecule has 2 heterocycles. The molecule has 0 saturated heterocycles. The van der Waals surface area contributed by atoms with Crippen molar-refractivity contribution in [3.05, 3.63) is 110 Å². The Labute approximate surface area is 267 Å². The number of ether oxygens (including phenoxy) is 2. The van der Waals surface area contributed by atoms with E-state index in [0.29, 0.717) is 51.6 Å². The van der Waals surface area contributed by atoms with Gasteiger partial charge in [-0.15, -0.1) is 0 Å². The van der Waals surface area contributed by atoms with Gasteiger partial charge in [0.15, 0.2) is 0 Å². The fourth-order valence-electron chi connectivity index (χ4n) is 3.46. The van der Waals surface area contributed by atoms with Gasteiger partial charge in [0.25, 0.3) is 0 Å². The summed E-state index contributed by atoms with van der Waals surface area (Å²) in [5.74, 6) is 0.0590. The van der Waals surface area contributed by atoms with Crippen LogP contribution in [0.5, 0.6) is 0 Å². The van der Waals surface area contributed by atoms with E-state index in [1.807, 2.05) is 36.4 Å². The number of nitrogens with one attached hydrogen (secondary N) is 1. The van der Waals surface area contributed by atoms with E-state index in [0.717, 1.165) is 23.5 Å². The van der Waals surface area contributed by atoms with Crippen LogP contribution in [0.4, 0.5) is 5.69 Å². The largest absolute Gasteiger partial charge is 0 e. The summed E-state index contributed by atoms with van der Waals surface area (Å²) in [6.45, 7) is 17.4. The first-order valence-electron chi connectivity index (χ1n) is 12.3. The van der Waals surface area contributed by atoms with E-state index in [1.54, 1.807) is 36.7 Å². The molecular formula is C29H31N4O8ReS-. The average molecular weight is 782 g/mol. The fraction of sp³-hybridized carbons (Fsp3) is 0.310. The Morgan fingerprint density at radius 3 is 1.79 bits per heavy atom. The van der Waals surface area contributed by atoms with Crippen LogP contribution in [0.25, 0.3) is 0 Å². The van der Waals surface area contributed by atoms with E-state index in [9.17, 15) is 13.6 Å². The van der Waals surface area contributed by atoms with Crippen molar-refractivity contribution in [2.75, 3.05) is 37.7 Å². The number of aromatic nitrogens is 2. The van der Waals surface area contributed by atoms with Crippen LogP contribution in [0.3, 0.4) is 0 Å². The summed E-state index contributed by atoms with van der Waals surface area (Å²) >= 11 is -2.36. The molecule has 1 radical (unpaired) electrons. The number of benzene rings is 1. The second kappa shape index (κ2) is 29.0. The summed E-state index contributed by atoms with van der Waals surface area (Å²) < 4.78 is 57.3.